The van der Waals surface area contributed by atoms with E-state index >= 15 is 0 Å². The molecule has 3 rings (SSSR count). The summed E-state index contributed by atoms with van der Waals surface area (Å²) in [4.78, 5) is 24.1. The normalized spacial score (nSPS) is 18.7. The van der Waals surface area contributed by atoms with E-state index in [1.54, 1.807) is 0 Å². The molecule has 0 saturated carbocycles. The first-order valence-electron chi connectivity index (χ1n) is 12.1. The fraction of sp³-hybridized carbons (Fsp3) is 0.379. The molecule has 35 heavy (non-hydrogen) atoms. The molecule has 0 radical (unpaired) electrons. The van der Waals surface area contributed by atoms with Crippen molar-refractivity contribution in [3.63, 3.8) is 0 Å². The van der Waals surface area contributed by atoms with Crippen LogP contribution < -0.4 is 10.4 Å². The molecule has 0 saturated heterocycles. The lowest BCUT2D eigenvalue weighted by molar-refractivity contribution is -0.138. The van der Waals surface area contributed by atoms with Crippen LogP contribution in [0.4, 0.5) is 0 Å². The number of carbonyl (C=O) groups is 2. The van der Waals surface area contributed by atoms with Crippen molar-refractivity contribution in [3.8, 4) is 0 Å². The first-order valence-corrected chi connectivity index (χ1v) is 14.0. The van der Waals surface area contributed by atoms with Crippen LogP contribution in [0.15, 0.2) is 84.7 Å². The molecule has 0 aromatic heterocycles. The Kier molecular flexibility index (Phi) is 8.86. The Balaban J connectivity index is 2.02. The Morgan fingerprint density at radius 3 is 1.97 bits per heavy atom. The number of allylic oxidation sites excluding steroid dienone is 2. The van der Waals surface area contributed by atoms with Crippen molar-refractivity contribution < 1.29 is 23.5 Å². The van der Waals surface area contributed by atoms with Gasteiger partial charge in [0.2, 0.25) is 0 Å². The number of carbonyl (C=O) groups excluding carboxylic acids is 2. The molecular weight excluding hydrogens is 456 g/mol. The van der Waals surface area contributed by atoms with E-state index in [0.717, 1.165) is 6.42 Å². The molecule has 2 aromatic carbocycles. The minimum absolute atomic E-state index is 0.0301. The fourth-order valence-corrected chi connectivity index (χ4v) is 9.60. The van der Waals surface area contributed by atoms with Crippen LogP contribution >= 0.6 is 0 Å². The minimum Gasteiger partial charge on any atom is -0.466 e. The van der Waals surface area contributed by atoms with Crippen LogP contribution in [0.5, 0.6) is 0 Å². The number of methoxy groups -OCH3 is 1. The van der Waals surface area contributed by atoms with Gasteiger partial charge in [0.1, 0.15) is 6.26 Å². The zero-order valence-electron chi connectivity index (χ0n) is 21.3. The van der Waals surface area contributed by atoms with E-state index in [0.29, 0.717) is 18.6 Å². The molecule has 6 heteroatoms. The molecule has 1 aliphatic carbocycles. The largest absolute Gasteiger partial charge is 0.466 e. The first kappa shape index (κ1) is 26.6. The molecule has 0 bridgehead atoms. The summed E-state index contributed by atoms with van der Waals surface area (Å²) in [6.07, 6.45) is 6.87. The van der Waals surface area contributed by atoms with Crippen LogP contribution in [0, 0.1) is 11.8 Å². The Bertz CT molecular complexity index is 1010. The lowest BCUT2D eigenvalue weighted by Gasteiger charge is -2.44. The maximum Gasteiger partial charge on any atom is 0.337 e. The third-order valence-corrected chi connectivity index (χ3v) is 11.7. The van der Waals surface area contributed by atoms with Crippen molar-refractivity contribution in [1.29, 1.82) is 0 Å². The quantitative estimate of drug-likeness (QED) is 0.175. The van der Waals surface area contributed by atoms with Gasteiger partial charge in [-0.2, -0.15) is 0 Å². The standard InChI is InChI=1S/C29H36O5Si/c1-22(30)33-21-27(28(31)32-5)26-19-13-12-14-23(26)20-34-35(29(2,3)4,24-15-8-6-9-16-24)25-17-10-7-11-18-25/h6-13,15-18,21,23,26H,14,19-20H2,1-5H3/b27-21+/t23-,26-/m0/s1. The van der Waals surface area contributed by atoms with Crippen LogP contribution in [-0.4, -0.2) is 34.0 Å². The Morgan fingerprint density at radius 2 is 1.49 bits per heavy atom. The third-order valence-electron chi connectivity index (χ3n) is 6.67. The topological polar surface area (TPSA) is 61.8 Å². The molecule has 1 aliphatic rings. The van der Waals surface area contributed by atoms with E-state index in [1.165, 1.54) is 30.7 Å². The monoisotopic (exact) mass is 492 g/mol. The van der Waals surface area contributed by atoms with Crippen LogP contribution in [0.2, 0.25) is 5.04 Å². The molecule has 0 unspecified atom stereocenters. The van der Waals surface area contributed by atoms with Gasteiger partial charge in [-0.05, 0) is 34.2 Å². The molecular formula is C29H36O5Si. The van der Waals surface area contributed by atoms with Gasteiger partial charge in [-0.25, -0.2) is 4.79 Å². The molecule has 2 atom stereocenters. The second-order valence-electron chi connectivity index (χ2n) is 9.96. The lowest BCUT2D eigenvalue weighted by Crippen LogP contribution is -2.67. The number of hydrogen-bond acceptors (Lipinski definition) is 5. The van der Waals surface area contributed by atoms with Crippen molar-refractivity contribution >= 4 is 30.6 Å². The van der Waals surface area contributed by atoms with Gasteiger partial charge < -0.3 is 13.9 Å². The second-order valence-corrected chi connectivity index (χ2v) is 14.3. The molecule has 0 amide bonds. The van der Waals surface area contributed by atoms with Gasteiger partial charge in [0.05, 0.1) is 12.7 Å². The minimum atomic E-state index is -2.71. The zero-order chi connectivity index (χ0) is 25.5. The molecule has 0 aliphatic heterocycles. The smallest absolute Gasteiger partial charge is 0.337 e. The molecule has 5 nitrogen and oxygen atoms in total. The molecule has 0 heterocycles. The highest BCUT2D eigenvalue weighted by Gasteiger charge is 2.50. The van der Waals surface area contributed by atoms with Crippen molar-refractivity contribution in [3.05, 3.63) is 84.7 Å². The van der Waals surface area contributed by atoms with Gasteiger partial charge >= 0.3 is 11.9 Å². The number of rotatable bonds is 8. The number of ether oxygens (including phenoxy) is 2. The van der Waals surface area contributed by atoms with Gasteiger partial charge in [-0.1, -0.05) is 93.6 Å². The van der Waals surface area contributed by atoms with E-state index in [4.69, 9.17) is 13.9 Å². The summed E-state index contributed by atoms with van der Waals surface area (Å²) in [5.74, 6) is -1.10. The highest BCUT2D eigenvalue weighted by atomic mass is 28.4. The molecule has 0 fully saturated rings. The van der Waals surface area contributed by atoms with Crippen molar-refractivity contribution in [1.82, 2.24) is 0 Å². The summed E-state index contributed by atoms with van der Waals surface area (Å²) in [5.41, 5.74) is 0.364. The van der Waals surface area contributed by atoms with E-state index < -0.39 is 20.3 Å². The maximum atomic E-state index is 12.6. The van der Waals surface area contributed by atoms with Crippen LogP contribution in [0.3, 0.4) is 0 Å². The number of esters is 2. The zero-order valence-corrected chi connectivity index (χ0v) is 22.3. The predicted molar refractivity (Wildman–Crippen MR) is 141 cm³/mol. The van der Waals surface area contributed by atoms with Gasteiger partial charge in [0, 0.05) is 19.4 Å². The summed E-state index contributed by atoms with van der Waals surface area (Å²) in [6, 6.07) is 21.0. The summed E-state index contributed by atoms with van der Waals surface area (Å²) < 4.78 is 17.3. The van der Waals surface area contributed by atoms with E-state index in [-0.39, 0.29) is 16.9 Å². The molecule has 0 N–H and O–H groups in total. The van der Waals surface area contributed by atoms with Crippen LogP contribution in [-0.2, 0) is 23.5 Å². The van der Waals surface area contributed by atoms with E-state index in [1.807, 2.05) is 12.1 Å². The summed E-state index contributed by atoms with van der Waals surface area (Å²) in [6.45, 7) is 8.53. The third kappa shape index (κ3) is 6.00. The Morgan fingerprint density at radius 1 is 0.943 bits per heavy atom. The highest BCUT2D eigenvalue weighted by molar-refractivity contribution is 6.99. The Labute approximate surface area is 209 Å². The second kappa shape index (κ2) is 11.6. The van der Waals surface area contributed by atoms with Gasteiger partial charge in [0.25, 0.3) is 8.32 Å². The highest BCUT2D eigenvalue weighted by Crippen LogP contribution is 2.39. The number of hydrogen-bond donors (Lipinski definition) is 0. The van der Waals surface area contributed by atoms with Crippen LogP contribution in [0.25, 0.3) is 0 Å². The average Bonchev–Trinajstić information content (AvgIpc) is 2.85. The maximum absolute atomic E-state index is 12.6. The first-order chi connectivity index (χ1) is 16.7. The van der Waals surface area contributed by atoms with Crippen molar-refractivity contribution in [2.45, 2.75) is 45.6 Å². The average molecular weight is 493 g/mol. The Hall–Kier alpha value is -2.96. The SMILES string of the molecule is COC(=O)/C(=C/OC(C)=O)[C@H]1CC=CC[C@H]1CO[Si](c1ccccc1)(c1ccccc1)C(C)(C)C. The molecule has 186 valence electrons. The summed E-state index contributed by atoms with van der Waals surface area (Å²) >= 11 is 0. The summed E-state index contributed by atoms with van der Waals surface area (Å²) in [5, 5.41) is 2.28. The molecule has 0 spiro atoms. The summed E-state index contributed by atoms with van der Waals surface area (Å²) in [7, 11) is -1.37. The van der Waals surface area contributed by atoms with E-state index in [2.05, 4.69) is 81.5 Å². The predicted octanol–water partition coefficient (Wildman–Crippen LogP) is 4.77. The molecule has 2 aromatic rings. The fourth-order valence-electron chi connectivity index (χ4n) is 4.98. The van der Waals surface area contributed by atoms with Crippen molar-refractivity contribution in [2.75, 3.05) is 13.7 Å². The van der Waals surface area contributed by atoms with Crippen molar-refractivity contribution in [2.24, 2.45) is 11.8 Å². The van der Waals surface area contributed by atoms with Gasteiger partial charge in [-0.15, -0.1) is 0 Å². The van der Waals surface area contributed by atoms with E-state index in [9.17, 15) is 9.59 Å². The van der Waals surface area contributed by atoms with Gasteiger partial charge in [-0.3, -0.25) is 4.79 Å². The lowest BCUT2D eigenvalue weighted by atomic mass is 9.79. The van der Waals surface area contributed by atoms with Gasteiger partial charge in [0.15, 0.2) is 0 Å². The number of benzene rings is 2. The van der Waals surface area contributed by atoms with Crippen LogP contribution in [0.1, 0.15) is 40.5 Å².